The van der Waals surface area contributed by atoms with Crippen molar-refractivity contribution in [3.8, 4) is 0 Å². The number of rotatable bonds is 4. The van der Waals surface area contributed by atoms with Crippen LogP contribution >= 0.6 is 0 Å². The molecule has 6 nitrogen and oxygen atoms in total. The Labute approximate surface area is 255 Å². The maximum atomic E-state index is 14.4. The second-order valence-corrected chi connectivity index (χ2v) is 13.8. The van der Waals surface area contributed by atoms with E-state index in [2.05, 4.69) is 4.74 Å². The Morgan fingerprint density at radius 2 is 1.47 bits per heavy atom. The predicted octanol–water partition coefficient (Wildman–Crippen LogP) is 7.41. The molecule has 4 aliphatic heterocycles. The van der Waals surface area contributed by atoms with Crippen molar-refractivity contribution in [1.29, 1.82) is 0 Å². The zero-order valence-electron chi connectivity index (χ0n) is 25.2. The van der Waals surface area contributed by atoms with Gasteiger partial charge < -0.3 is 19.3 Å². The molecule has 45 heavy (non-hydrogen) atoms. The Balaban J connectivity index is 1.32. The van der Waals surface area contributed by atoms with Gasteiger partial charge in [0.05, 0.1) is 5.56 Å². The zero-order valence-corrected chi connectivity index (χ0v) is 25.2. The average Bonchev–Trinajstić information content (AvgIpc) is 3.43. The number of nitrogens with zero attached hydrogens (tertiary/aromatic N) is 3. The molecule has 2 spiro atoms. The Morgan fingerprint density at radius 3 is 2.04 bits per heavy atom. The number of hydrogen-bond donors (Lipinski definition) is 0. The van der Waals surface area contributed by atoms with Gasteiger partial charge in [0, 0.05) is 69.3 Å². The molecule has 0 aromatic heterocycles. The van der Waals surface area contributed by atoms with Gasteiger partial charge in [-0.2, -0.15) is 39.5 Å². The minimum Gasteiger partial charge on any atom is -0.426 e. The molecule has 4 saturated heterocycles. The molecule has 0 unspecified atom stereocenters. The summed E-state index contributed by atoms with van der Waals surface area (Å²) < 4.78 is 130. The van der Waals surface area contributed by atoms with Crippen molar-refractivity contribution in [2.45, 2.75) is 89.1 Å². The van der Waals surface area contributed by atoms with Gasteiger partial charge in [-0.1, -0.05) is 6.07 Å². The van der Waals surface area contributed by atoms with Crippen LogP contribution in [-0.4, -0.2) is 85.8 Å². The Hall–Kier alpha value is -2.42. The normalized spacial score (nSPS) is 23.8. The summed E-state index contributed by atoms with van der Waals surface area (Å²) in [6.07, 6.45) is -18.5. The van der Waals surface area contributed by atoms with E-state index in [1.54, 1.807) is 6.07 Å². The quantitative estimate of drug-likeness (QED) is 0.315. The summed E-state index contributed by atoms with van der Waals surface area (Å²) in [4.78, 5) is 17.2. The highest BCUT2D eigenvalue weighted by Gasteiger charge is 2.60. The van der Waals surface area contributed by atoms with Gasteiger partial charge in [-0.25, -0.2) is 4.79 Å². The fourth-order valence-electron chi connectivity index (χ4n) is 7.81. The van der Waals surface area contributed by atoms with Crippen LogP contribution in [0.2, 0.25) is 0 Å². The molecule has 0 aliphatic carbocycles. The zero-order chi connectivity index (χ0) is 33.1. The lowest BCUT2D eigenvalue weighted by Crippen LogP contribution is -2.50. The fraction of sp³-hybridized carbons (Fsp3) is 0.767. The minimum atomic E-state index is -5.81. The van der Waals surface area contributed by atoms with Crippen molar-refractivity contribution in [3.05, 3.63) is 29.3 Å². The van der Waals surface area contributed by atoms with Crippen molar-refractivity contribution in [1.82, 2.24) is 9.80 Å². The van der Waals surface area contributed by atoms with Gasteiger partial charge in [-0.3, -0.25) is 4.90 Å². The number of piperidine rings is 1. The number of hydrogen-bond acceptors (Lipinski definition) is 5. The number of ether oxygens (including phenoxy) is 2. The van der Waals surface area contributed by atoms with Crippen LogP contribution in [0.4, 0.5) is 50.0 Å². The van der Waals surface area contributed by atoms with Crippen LogP contribution in [-0.2, 0) is 22.2 Å². The van der Waals surface area contributed by atoms with Gasteiger partial charge in [0.1, 0.15) is 0 Å². The lowest BCUT2D eigenvalue weighted by Gasteiger charge is -2.39. The van der Waals surface area contributed by atoms with Crippen LogP contribution in [0.15, 0.2) is 18.2 Å². The van der Waals surface area contributed by atoms with E-state index in [0.29, 0.717) is 45.0 Å². The van der Waals surface area contributed by atoms with Crippen molar-refractivity contribution in [2.24, 2.45) is 10.8 Å². The van der Waals surface area contributed by atoms with Gasteiger partial charge in [0.2, 0.25) is 0 Å². The van der Waals surface area contributed by atoms with Crippen LogP contribution in [0.25, 0.3) is 0 Å². The number of carbonyl (C=O) groups excluding carboxylic acids is 1. The molecule has 0 atom stereocenters. The van der Waals surface area contributed by atoms with E-state index in [-0.39, 0.29) is 43.5 Å². The molecule has 0 radical (unpaired) electrons. The Bertz CT molecular complexity index is 1220. The Kier molecular flexibility index (Phi) is 8.80. The monoisotopic (exact) mass is 659 g/mol. The molecule has 1 aromatic carbocycles. The summed E-state index contributed by atoms with van der Waals surface area (Å²) in [5.74, 6) is 0. The van der Waals surface area contributed by atoms with Gasteiger partial charge in [0.25, 0.3) is 6.10 Å². The van der Waals surface area contributed by atoms with Crippen molar-refractivity contribution >= 4 is 11.8 Å². The number of halogens is 9. The molecule has 254 valence electrons. The van der Waals surface area contributed by atoms with Crippen LogP contribution in [0.3, 0.4) is 0 Å². The summed E-state index contributed by atoms with van der Waals surface area (Å²) in [6, 6.07) is 4.27. The fourth-order valence-corrected chi connectivity index (χ4v) is 7.81. The highest BCUT2D eigenvalue weighted by molar-refractivity contribution is 5.68. The molecular weight excluding hydrogens is 621 g/mol. The maximum absolute atomic E-state index is 14.4. The molecule has 0 bridgehead atoms. The third kappa shape index (κ3) is 7.13. The van der Waals surface area contributed by atoms with Crippen LogP contribution in [0.5, 0.6) is 0 Å². The lowest BCUT2D eigenvalue weighted by atomic mass is 9.74. The first-order valence-electron chi connectivity index (χ1n) is 15.1. The molecule has 1 amide bonds. The Morgan fingerprint density at radius 1 is 0.867 bits per heavy atom. The molecule has 0 N–H and O–H groups in total. The summed E-state index contributed by atoms with van der Waals surface area (Å²) in [6.45, 7) is 6.50. The first-order chi connectivity index (χ1) is 20.7. The molecule has 4 fully saturated rings. The summed E-state index contributed by atoms with van der Waals surface area (Å²) in [5, 5.41) is 0. The van der Waals surface area contributed by atoms with Crippen molar-refractivity contribution in [2.75, 3.05) is 50.8 Å². The summed E-state index contributed by atoms with van der Waals surface area (Å²) in [7, 11) is 0. The molecular formula is C30H38F9N3O3. The van der Waals surface area contributed by atoms with Crippen molar-refractivity contribution < 1.29 is 53.8 Å². The van der Waals surface area contributed by atoms with Gasteiger partial charge >= 0.3 is 24.6 Å². The second kappa shape index (κ2) is 11.7. The molecule has 15 heteroatoms. The number of alkyl halides is 9. The SMILES string of the molecule is CC1(C)CC2(CCN(C(=O)OC(C(F)(F)F)C(F)(F)F)CC2)CN1Cc1c(N2CCC3(CCOCC3)C2)cccc1C(F)(F)F. The van der Waals surface area contributed by atoms with Crippen LogP contribution < -0.4 is 4.90 Å². The number of anilines is 1. The highest BCUT2D eigenvalue weighted by Crippen LogP contribution is 2.51. The minimum absolute atomic E-state index is 0.00999. The van der Waals surface area contributed by atoms with Crippen LogP contribution in [0, 0.1) is 10.8 Å². The smallest absolute Gasteiger partial charge is 0.426 e. The van der Waals surface area contributed by atoms with Gasteiger partial charge in [-0.05, 0) is 75.3 Å². The topological polar surface area (TPSA) is 45.2 Å². The van der Waals surface area contributed by atoms with Gasteiger partial charge in [0.15, 0.2) is 0 Å². The summed E-state index contributed by atoms with van der Waals surface area (Å²) >= 11 is 0. The van der Waals surface area contributed by atoms with E-state index in [1.165, 1.54) is 6.07 Å². The third-order valence-electron chi connectivity index (χ3n) is 10.2. The molecule has 1 aromatic rings. The van der Waals surface area contributed by atoms with E-state index >= 15 is 0 Å². The standard InChI is InChI=1S/C30H38F9N3O3/c1-25(2)17-27(7-11-40(12-8-27)24(43)45-23(29(34,35)36)30(37,38)39)19-42(25)16-20-21(28(31,32)33)4-3-5-22(20)41-13-6-26(18-41)9-14-44-15-10-26/h3-5,23H,6-19H2,1-2H3. The first-order valence-corrected chi connectivity index (χ1v) is 15.1. The van der Waals surface area contributed by atoms with Gasteiger partial charge in [-0.15, -0.1) is 0 Å². The number of carbonyl (C=O) groups is 1. The third-order valence-corrected chi connectivity index (χ3v) is 10.2. The molecule has 4 heterocycles. The number of amides is 1. The molecule has 0 saturated carbocycles. The van der Waals surface area contributed by atoms with Crippen LogP contribution in [0.1, 0.15) is 63.5 Å². The molecule has 5 rings (SSSR count). The van der Waals surface area contributed by atoms with E-state index in [1.807, 2.05) is 23.6 Å². The average molecular weight is 660 g/mol. The summed E-state index contributed by atoms with van der Waals surface area (Å²) in [5.41, 5.74) is -1.01. The predicted molar refractivity (Wildman–Crippen MR) is 145 cm³/mol. The largest absolute Gasteiger partial charge is 0.434 e. The van der Waals surface area contributed by atoms with E-state index in [0.717, 1.165) is 30.2 Å². The number of likely N-dealkylation sites (tertiary alicyclic amines) is 2. The molecule has 4 aliphatic rings. The number of benzene rings is 1. The van der Waals surface area contributed by atoms with E-state index in [9.17, 15) is 44.3 Å². The second-order valence-electron chi connectivity index (χ2n) is 13.8. The van der Waals surface area contributed by atoms with E-state index in [4.69, 9.17) is 4.74 Å². The van der Waals surface area contributed by atoms with E-state index < -0.39 is 47.2 Å². The van der Waals surface area contributed by atoms with Crippen molar-refractivity contribution in [3.63, 3.8) is 0 Å². The maximum Gasteiger partial charge on any atom is 0.434 e. The lowest BCUT2D eigenvalue weighted by molar-refractivity contribution is -0.308. The first kappa shape index (κ1) is 33.9. The highest BCUT2D eigenvalue weighted by atomic mass is 19.4.